The summed E-state index contributed by atoms with van der Waals surface area (Å²) in [6.45, 7) is 2.46. The number of hydrogen-bond acceptors (Lipinski definition) is 6. The first-order valence-corrected chi connectivity index (χ1v) is 8.66. The summed E-state index contributed by atoms with van der Waals surface area (Å²) >= 11 is 0. The zero-order valence-electron chi connectivity index (χ0n) is 15.5. The number of aliphatic hydroxyl groups is 4. The van der Waals surface area contributed by atoms with Gasteiger partial charge in [0.15, 0.2) is 0 Å². The van der Waals surface area contributed by atoms with Gasteiger partial charge < -0.3 is 30.6 Å². The van der Waals surface area contributed by atoms with E-state index in [2.05, 4.69) is 6.92 Å². The average molecular weight is 368 g/mol. The fraction of sp³-hybridized carbons (Fsp3) is 0.882. The molecule has 6 N–H and O–H groups in total. The van der Waals surface area contributed by atoms with Gasteiger partial charge in [0.25, 0.3) is 0 Å². The van der Waals surface area contributed by atoms with E-state index in [1.165, 1.54) is 6.42 Å². The maximum atomic E-state index is 9.96. The molecule has 8 nitrogen and oxygen atoms in total. The average Bonchev–Trinajstić information content (AvgIpc) is 2.60. The Balaban J connectivity index is -0.000000293. The van der Waals surface area contributed by atoms with Crippen LogP contribution in [-0.4, -0.2) is 69.0 Å². The molecule has 0 heterocycles. The van der Waals surface area contributed by atoms with Crippen molar-refractivity contribution in [2.75, 3.05) is 26.4 Å². The minimum atomic E-state index is -1.11. The highest BCUT2D eigenvalue weighted by Gasteiger charge is 2.26. The molecule has 0 aliphatic carbocycles. The third kappa shape index (κ3) is 22.8. The number of hydrogen-bond donors (Lipinski definition) is 6. The first-order chi connectivity index (χ1) is 11.8. The van der Waals surface area contributed by atoms with Gasteiger partial charge in [0.1, 0.15) is 0 Å². The van der Waals surface area contributed by atoms with Gasteiger partial charge in [-0.2, -0.15) is 0 Å². The maximum absolute atomic E-state index is 9.96. The largest absolute Gasteiger partial charge is 0.481 e. The van der Waals surface area contributed by atoms with E-state index in [4.69, 9.17) is 30.6 Å². The molecular formula is C17H36O8. The minimum absolute atomic E-state index is 0.316. The lowest BCUT2D eigenvalue weighted by Gasteiger charge is -2.23. The molecule has 8 heteroatoms. The van der Waals surface area contributed by atoms with Crippen molar-refractivity contribution < 1.29 is 40.2 Å². The van der Waals surface area contributed by atoms with Crippen LogP contribution >= 0.6 is 0 Å². The van der Waals surface area contributed by atoms with Crippen LogP contribution in [0.4, 0.5) is 0 Å². The van der Waals surface area contributed by atoms with Crippen LogP contribution in [0.15, 0.2) is 0 Å². The molecule has 25 heavy (non-hydrogen) atoms. The van der Waals surface area contributed by atoms with Gasteiger partial charge in [0.2, 0.25) is 0 Å². The third-order valence-electron chi connectivity index (χ3n) is 3.33. The first-order valence-electron chi connectivity index (χ1n) is 8.66. The zero-order chi connectivity index (χ0) is 20.1. The lowest BCUT2D eigenvalue weighted by molar-refractivity contribution is -0.138. The molecular weight excluding hydrogens is 332 g/mol. The first kappa shape index (κ1) is 28.6. The van der Waals surface area contributed by atoms with Gasteiger partial charge in [0, 0.05) is 12.8 Å². The van der Waals surface area contributed by atoms with Crippen molar-refractivity contribution >= 4 is 11.9 Å². The summed E-state index contributed by atoms with van der Waals surface area (Å²) in [4.78, 5) is 19.7. The molecule has 0 radical (unpaired) electrons. The van der Waals surface area contributed by atoms with E-state index in [-0.39, 0.29) is 0 Å². The van der Waals surface area contributed by atoms with Crippen molar-refractivity contribution in [2.45, 2.75) is 65.2 Å². The lowest BCUT2D eigenvalue weighted by atomic mass is 9.93. The Morgan fingerprint density at radius 3 is 1.20 bits per heavy atom. The molecule has 0 aromatic rings. The normalized spacial score (nSPS) is 10.2. The van der Waals surface area contributed by atoms with Crippen LogP contribution in [0.5, 0.6) is 0 Å². The monoisotopic (exact) mass is 368 g/mol. The number of unbranched alkanes of at least 4 members (excludes halogenated alkanes) is 4. The van der Waals surface area contributed by atoms with Crippen LogP contribution < -0.4 is 0 Å². The molecule has 0 amide bonds. The predicted octanol–water partition coefficient (Wildman–Crippen LogP) is 1.24. The Bertz CT molecular complexity index is 286. The Labute approximate surface area is 150 Å². The highest BCUT2D eigenvalue weighted by atomic mass is 16.4. The van der Waals surface area contributed by atoms with Crippen LogP contribution in [0.1, 0.15) is 65.2 Å². The van der Waals surface area contributed by atoms with Gasteiger partial charge in [-0.3, -0.25) is 9.59 Å². The van der Waals surface area contributed by atoms with Crippen LogP contribution in [0.25, 0.3) is 0 Å². The van der Waals surface area contributed by atoms with Gasteiger partial charge >= 0.3 is 11.9 Å². The van der Waals surface area contributed by atoms with Crippen molar-refractivity contribution in [3.63, 3.8) is 0 Å². The molecule has 0 fully saturated rings. The van der Waals surface area contributed by atoms with Crippen molar-refractivity contribution in [1.29, 1.82) is 0 Å². The van der Waals surface area contributed by atoms with E-state index in [0.717, 1.165) is 32.1 Å². The van der Waals surface area contributed by atoms with Crippen molar-refractivity contribution in [3.8, 4) is 0 Å². The molecule has 0 atom stereocenters. The van der Waals surface area contributed by atoms with Crippen LogP contribution in [0, 0.1) is 5.41 Å². The Kier molecular flexibility index (Phi) is 23.8. The van der Waals surface area contributed by atoms with Gasteiger partial charge in [-0.1, -0.05) is 39.5 Å². The summed E-state index contributed by atoms with van der Waals surface area (Å²) in [5, 5.41) is 50.2. The number of aliphatic hydroxyl groups excluding tert-OH is 4. The van der Waals surface area contributed by atoms with Crippen LogP contribution in [-0.2, 0) is 9.59 Å². The van der Waals surface area contributed by atoms with Crippen LogP contribution in [0.3, 0.4) is 0 Å². The molecule has 152 valence electrons. The van der Waals surface area contributed by atoms with E-state index < -0.39 is 43.8 Å². The molecule has 0 rings (SSSR count). The molecule has 0 saturated carbocycles. The Morgan fingerprint density at radius 2 is 1.00 bits per heavy atom. The SMILES string of the molecule is CCCCC(=O)O.CCCCCCC(=O)O.OCC(CO)(CO)CO. The molecule has 0 aromatic heterocycles. The molecule has 0 aromatic carbocycles. The molecule has 0 saturated heterocycles. The predicted molar refractivity (Wildman–Crippen MR) is 94.3 cm³/mol. The fourth-order valence-electron chi connectivity index (χ4n) is 1.33. The topological polar surface area (TPSA) is 156 Å². The Hall–Kier alpha value is -1.22. The molecule has 0 aliphatic heterocycles. The summed E-state index contributed by atoms with van der Waals surface area (Å²) in [6, 6.07) is 0. The second-order valence-corrected chi connectivity index (χ2v) is 5.83. The molecule has 0 aliphatic rings. The summed E-state index contributed by atoms with van der Waals surface area (Å²) in [6.07, 6.45) is 6.64. The number of carboxylic acids is 2. The second-order valence-electron chi connectivity index (χ2n) is 5.83. The smallest absolute Gasteiger partial charge is 0.303 e. The molecule has 0 bridgehead atoms. The second kappa shape index (κ2) is 20.8. The minimum Gasteiger partial charge on any atom is -0.481 e. The van der Waals surface area contributed by atoms with E-state index in [1.54, 1.807) is 0 Å². The standard InChI is InChI=1S/C7H14O2.C5H12O4.C5H10O2/c1-2-3-4-5-6-7(8)9;6-1-5(2-7,3-8)4-9;1-2-3-4-5(6)7/h2-6H2,1H3,(H,8,9);6-9H,1-4H2;2-4H2,1H3,(H,6,7). The van der Waals surface area contributed by atoms with Crippen molar-refractivity contribution in [2.24, 2.45) is 5.41 Å². The number of carboxylic acid groups (broad SMARTS) is 2. The van der Waals surface area contributed by atoms with Crippen molar-refractivity contribution in [1.82, 2.24) is 0 Å². The molecule has 0 unspecified atom stereocenters. The van der Waals surface area contributed by atoms with E-state index >= 15 is 0 Å². The fourth-order valence-corrected chi connectivity index (χ4v) is 1.33. The summed E-state index contributed by atoms with van der Waals surface area (Å²) in [5.41, 5.74) is -1.11. The maximum Gasteiger partial charge on any atom is 0.303 e. The number of rotatable bonds is 12. The highest BCUT2D eigenvalue weighted by molar-refractivity contribution is 5.66. The van der Waals surface area contributed by atoms with E-state index in [9.17, 15) is 9.59 Å². The van der Waals surface area contributed by atoms with E-state index in [0.29, 0.717) is 12.8 Å². The van der Waals surface area contributed by atoms with Gasteiger partial charge in [-0.05, 0) is 12.8 Å². The van der Waals surface area contributed by atoms with E-state index in [1.807, 2.05) is 6.92 Å². The summed E-state index contributed by atoms with van der Waals surface area (Å²) < 4.78 is 0. The number of aliphatic carboxylic acids is 2. The third-order valence-corrected chi connectivity index (χ3v) is 3.33. The van der Waals surface area contributed by atoms with Gasteiger partial charge in [0.05, 0.1) is 31.8 Å². The quantitative estimate of drug-likeness (QED) is 0.281. The summed E-state index contributed by atoms with van der Waals surface area (Å²) in [5.74, 6) is -1.37. The lowest BCUT2D eigenvalue weighted by Crippen LogP contribution is -2.37. The molecule has 0 spiro atoms. The van der Waals surface area contributed by atoms with Gasteiger partial charge in [-0.15, -0.1) is 0 Å². The summed E-state index contributed by atoms with van der Waals surface area (Å²) in [7, 11) is 0. The van der Waals surface area contributed by atoms with Crippen molar-refractivity contribution in [3.05, 3.63) is 0 Å². The Morgan fingerprint density at radius 1 is 0.640 bits per heavy atom. The van der Waals surface area contributed by atoms with Crippen LogP contribution in [0.2, 0.25) is 0 Å². The highest BCUT2D eigenvalue weighted by Crippen LogP contribution is 2.11. The number of carbonyl (C=O) groups is 2. The zero-order valence-corrected chi connectivity index (χ0v) is 15.5. The van der Waals surface area contributed by atoms with Gasteiger partial charge in [-0.25, -0.2) is 0 Å².